The summed E-state index contributed by atoms with van der Waals surface area (Å²) in [5.74, 6) is 0.886. The smallest absolute Gasteiger partial charge is 0.287 e. The average molecular weight is 346 g/mol. The van der Waals surface area contributed by atoms with Crippen LogP contribution in [0.5, 0.6) is 5.75 Å². The maximum atomic E-state index is 11.9. The lowest BCUT2D eigenvalue weighted by Crippen LogP contribution is -2.31. The molecule has 0 fully saturated rings. The molecule has 1 aliphatic rings. The fraction of sp³-hybridized carbons (Fsp3) is 0.333. The summed E-state index contributed by atoms with van der Waals surface area (Å²) < 4.78 is 6.72. The van der Waals surface area contributed by atoms with Gasteiger partial charge in [0.2, 0.25) is 0 Å². The molecular formula is C18H20ClN3O2. The summed E-state index contributed by atoms with van der Waals surface area (Å²) in [6.45, 7) is 4.15. The van der Waals surface area contributed by atoms with E-state index in [1.807, 2.05) is 19.1 Å². The van der Waals surface area contributed by atoms with Crippen molar-refractivity contribution in [3.05, 3.63) is 57.5 Å². The van der Waals surface area contributed by atoms with Gasteiger partial charge >= 0.3 is 0 Å². The molecule has 1 aromatic carbocycles. The molecule has 0 saturated carbocycles. The van der Waals surface area contributed by atoms with Gasteiger partial charge in [-0.3, -0.25) is 4.79 Å². The van der Waals surface area contributed by atoms with Gasteiger partial charge in [0.15, 0.2) is 0 Å². The van der Waals surface area contributed by atoms with Crippen LogP contribution in [0.2, 0.25) is 5.02 Å². The van der Waals surface area contributed by atoms with Crippen LogP contribution in [0.4, 0.5) is 5.69 Å². The first-order valence-corrected chi connectivity index (χ1v) is 8.37. The van der Waals surface area contributed by atoms with E-state index in [9.17, 15) is 4.79 Å². The van der Waals surface area contributed by atoms with Gasteiger partial charge < -0.3 is 9.64 Å². The highest BCUT2D eigenvalue weighted by Gasteiger charge is 2.18. The highest BCUT2D eigenvalue weighted by Crippen LogP contribution is 2.28. The van der Waals surface area contributed by atoms with Crippen LogP contribution in [-0.4, -0.2) is 29.5 Å². The molecule has 0 unspecified atom stereocenters. The van der Waals surface area contributed by atoms with Crippen LogP contribution < -0.4 is 15.2 Å². The van der Waals surface area contributed by atoms with Crippen molar-refractivity contribution in [2.75, 3.05) is 24.6 Å². The van der Waals surface area contributed by atoms with Crippen molar-refractivity contribution >= 4 is 22.9 Å². The van der Waals surface area contributed by atoms with Gasteiger partial charge in [-0.25, -0.2) is 4.68 Å². The number of halogens is 1. The first-order chi connectivity index (χ1) is 11.6. The molecule has 0 N–H and O–H groups in total. The van der Waals surface area contributed by atoms with Gasteiger partial charge in [0.05, 0.1) is 18.5 Å². The maximum Gasteiger partial charge on any atom is 0.287 e. The summed E-state index contributed by atoms with van der Waals surface area (Å²) in [5, 5.41) is 4.29. The Morgan fingerprint density at radius 3 is 2.67 bits per heavy atom. The number of rotatable bonds is 4. The Kier molecular flexibility index (Phi) is 4.90. The lowest BCUT2D eigenvalue weighted by molar-refractivity contribution is 0.340. The minimum Gasteiger partial charge on any atom is -0.494 e. The zero-order valence-corrected chi connectivity index (χ0v) is 14.6. The van der Waals surface area contributed by atoms with Gasteiger partial charge in [-0.15, -0.1) is 0 Å². The number of hydrogen-bond acceptors (Lipinski definition) is 4. The summed E-state index contributed by atoms with van der Waals surface area (Å²) in [4.78, 5) is 14.0. The first kappa shape index (κ1) is 16.6. The molecule has 3 rings (SSSR count). The van der Waals surface area contributed by atoms with Crippen LogP contribution >= 0.6 is 11.6 Å². The Balaban J connectivity index is 1.76. The Bertz CT molecular complexity index is 812. The number of ether oxygens (including phenoxy) is 1. The number of aryl methyl sites for hydroxylation is 1. The van der Waals surface area contributed by atoms with Crippen LogP contribution in [0.3, 0.4) is 0 Å². The average Bonchev–Trinajstić information content (AvgIpc) is 2.61. The molecule has 0 spiro atoms. The second kappa shape index (κ2) is 7.09. The van der Waals surface area contributed by atoms with Crippen molar-refractivity contribution in [2.24, 2.45) is 7.05 Å². The molecule has 126 valence electrons. The van der Waals surface area contributed by atoms with E-state index in [0.717, 1.165) is 18.7 Å². The Labute approximate surface area is 146 Å². The third-order valence-corrected chi connectivity index (χ3v) is 4.50. The van der Waals surface area contributed by atoms with Crippen molar-refractivity contribution in [3.63, 3.8) is 0 Å². The predicted octanol–water partition coefficient (Wildman–Crippen LogP) is 3.13. The summed E-state index contributed by atoms with van der Waals surface area (Å²) >= 11 is 6.18. The van der Waals surface area contributed by atoms with E-state index >= 15 is 0 Å². The lowest BCUT2D eigenvalue weighted by atomic mass is 9.99. The van der Waals surface area contributed by atoms with Crippen LogP contribution in [0.15, 0.2) is 41.3 Å². The molecule has 0 amide bonds. The molecule has 1 aliphatic heterocycles. The van der Waals surface area contributed by atoms with Crippen LogP contribution in [0.25, 0.3) is 5.57 Å². The number of anilines is 1. The van der Waals surface area contributed by atoms with Gasteiger partial charge in [-0.1, -0.05) is 29.8 Å². The molecule has 0 atom stereocenters. The van der Waals surface area contributed by atoms with Gasteiger partial charge in [0.1, 0.15) is 10.8 Å². The van der Waals surface area contributed by atoms with E-state index in [2.05, 4.69) is 28.2 Å². The van der Waals surface area contributed by atoms with Crippen LogP contribution in [0.1, 0.15) is 18.9 Å². The maximum absolute atomic E-state index is 11.9. The molecule has 0 aliphatic carbocycles. The van der Waals surface area contributed by atoms with E-state index in [1.165, 1.54) is 15.8 Å². The van der Waals surface area contributed by atoms with Crippen LogP contribution in [0, 0.1) is 0 Å². The molecule has 0 saturated heterocycles. The zero-order chi connectivity index (χ0) is 17.1. The van der Waals surface area contributed by atoms with Crippen molar-refractivity contribution in [2.45, 2.75) is 13.3 Å². The van der Waals surface area contributed by atoms with Crippen molar-refractivity contribution in [3.8, 4) is 5.75 Å². The second-order valence-corrected chi connectivity index (χ2v) is 6.03. The van der Waals surface area contributed by atoms with Crippen LogP contribution in [-0.2, 0) is 7.05 Å². The predicted molar refractivity (Wildman–Crippen MR) is 96.9 cm³/mol. The highest BCUT2D eigenvalue weighted by atomic mass is 35.5. The van der Waals surface area contributed by atoms with Crippen molar-refractivity contribution in [1.82, 2.24) is 9.78 Å². The monoisotopic (exact) mass is 345 g/mol. The van der Waals surface area contributed by atoms with E-state index in [4.69, 9.17) is 16.3 Å². The fourth-order valence-corrected chi connectivity index (χ4v) is 3.10. The fourth-order valence-electron chi connectivity index (χ4n) is 2.80. The zero-order valence-electron chi connectivity index (χ0n) is 13.8. The molecule has 6 heteroatoms. The molecule has 0 bridgehead atoms. The third-order valence-electron chi connectivity index (χ3n) is 4.15. The number of hydrogen-bond donors (Lipinski definition) is 0. The van der Waals surface area contributed by atoms with E-state index in [1.54, 1.807) is 13.2 Å². The summed E-state index contributed by atoms with van der Waals surface area (Å²) in [6, 6.07) is 8.15. The summed E-state index contributed by atoms with van der Waals surface area (Å²) in [5.41, 5.74) is 2.92. The number of nitrogens with zero attached hydrogens (tertiary/aromatic N) is 3. The van der Waals surface area contributed by atoms with Gasteiger partial charge in [-0.2, -0.15) is 5.10 Å². The Morgan fingerprint density at radius 1 is 1.29 bits per heavy atom. The Hall–Kier alpha value is -2.27. The standard InChI is InChI=1S/C18H20ClN3O2/c1-3-24-15-6-4-13(5-7-15)14-8-10-22(11-9-14)16-12-20-21(2)18(23)17(16)19/h4-8,12H,3,9-11H2,1-2H3. The lowest BCUT2D eigenvalue weighted by Gasteiger charge is -2.28. The highest BCUT2D eigenvalue weighted by molar-refractivity contribution is 6.33. The number of benzene rings is 1. The number of aromatic nitrogens is 2. The van der Waals surface area contributed by atoms with Gasteiger partial charge in [0, 0.05) is 20.1 Å². The largest absolute Gasteiger partial charge is 0.494 e. The molecule has 2 aromatic rings. The van der Waals surface area contributed by atoms with Crippen molar-refractivity contribution < 1.29 is 4.74 Å². The van der Waals surface area contributed by atoms with Gasteiger partial charge in [0.25, 0.3) is 5.56 Å². The quantitative estimate of drug-likeness (QED) is 0.854. The molecular weight excluding hydrogens is 326 g/mol. The SMILES string of the molecule is CCOc1ccc(C2=CCN(c3cnn(C)c(=O)c3Cl)CC2)cc1. The van der Waals surface area contributed by atoms with Gasteiger partial charge in [-0.05, 0) is 36.6 Å². The third kappa shape index (κ3) is 3.31. The topological polar surface area (TPSA) is 47.4 Å². The summed E-state index contributed by atoms with van der Waals surface area (Å²) in [6.07, 6.45) is 4.71. The molecule has 24 heavy (non-hydrogen) atoms. The summed E-state index contributed by atoms with van der Waals surface area (Å²) in [7, 11) is 1.60. The van der Waals surface area contributed by atoms with Crippen molar-refractivity contribution in [1.29, 1.82) is 0 Å². The molecule has 0 radical (unpaired) electrons. The second-order valence-electron chi connectivity index (χ2n) is 5.66. The minimum atomic E-state index is -0.268. The molecule has 2 heterocycles. The molecule has 1 aromatic heterocycles. The van der Waals surface area contributed by atoms with E-state index in [0.29, 0.717) is 18.8 Å². The Morgan fingerprint density at radius 2 is 2.04 bits per heavy atom. The normalized spacial score (nSPS) is 14.5. The van der Waals surface area contributed by atoms with E-state index < -0.39 is 0 Å². The van der Waals surface area contributed by atoms with E-state index in [-0.39, 0.29) is 10.6 Å². The first-order valence-electron chi connectivity index (χ1n) is 7.99. The molecule has 5 nitrogen and oxygen atoms in total. The minimum absolute atomic E-state index is 0.227.